The summed E-state index contributed by atoms with van der Waals surface area (Å²) in [7, 11) is 1.53. The van der Waals surface area contributed by atoms with Crippen molar-refractivity contribution in [1.82, 2.24) is 19.5 Å². The summed E-state index contributed by atoms with van der Waals surface area (Å²) in [6.45, 7) is 0.00255. The molecule has 1 aliphatic rings. The van der Waals surface area contributed by atoms with Gasteiger partial charge in [0.05, 0.1) is 19.8 Å². The Hall–Kier alpha value is -1.93. The maximum Gasteiger partial charge on any atom is 0.300 e. The quantitative estimate of drug-likeness (QED) is 0.809. The topological polar surface area (TPSA) is 108 Å². The van der Waals surface area contributed by atoms with Crippen LogP contribution in [0.15, 0.2) is 6.33 Å². The van der Waals surface area contributed by atoms with E-state index < -0.39 is 0 Å². The molecule has 1 unspecified atom stereocenters. The molecule has 1 aliphatic heterocycles. The molecule has 1 saturated heterocycles. The van der Waals surface area contributed by atoms with Crippen LogP contribution < -0.4 is 10.5 Å². The maximum absolute atomic E-state index is 9.14. The van der Waals surface area contributed by atoms with Gasteiger partial charge < -0.3 is 20.3 Å². The zero-order valence-electron chi connectivity index (χ0n) is 10.5. The highest BCUT2D eigenvalue weighted by atomic mass is 16.5. The number of anilines is 1. The first-order valence-corrected chi connectivity index (χ1v) is 6.03. The van der Waals surface area contributed by atoms with Gasteiger partial charge in [0, 0.05) is 0 Å². The number of ether oxygens (including phenoxy) is 2. The Kier molecular flexibility index (Phi) is 2.96. The van der Waals surface area contributed by atoms with E-state index in [0.29, 0.717) is 23.0 Å². The predicted molar refractivity (Wildman–Crippen MR) is 66.5 cm³/mol. The molecule has 0 spiro atoms. The molecule has 8 nitrogen and oxygen atoms in total. The summed E-state index contributed by atoms with van der Waals surface area (Å²) in [5.74, 6) is 0.304. The van der Waals surface area contributed by atoms with Crippen LogP contribution in [0.4, 0.5) is 5.82 Å². The summed E-state index contributed by atoms with van der Waals surface area (Å²) in [5.41, 5.74) is 6.85. The lowest BCUT2D eigenvalue weighted by Crippen LogP contribution is -2.15. The van der Waals surface area contributed by atoms with Crippen molar-refractivity contribution in [2.75, 3.05) is 19.5 Å². The summed E-state index contributed by atoms with van der Waals surface area (Å²) in [6.07, 6.45) is 2.51. The number of aromatic nitrogens is 4. The molecule has 2 aromatic heterocycles. The van der Waals surface area contributed by atoms with Gasteiger partial charge in [0.2, 0.25) is 0 Å². The molecule has 0 aliphatic carbocycles. The third-order valence-corrected chi connectivity index (χ3v) is 3.23. The highest BCUT2D eigenvalue weighted by molar-refractivity contribution is 5.82. The van der Waals surface area contributed by atoms with Gasteiger partial charge >= 0.3 is 6.01 Å². The zero-order chi connectivity index (χ0) is 13.4. The van der Waals surface area contributed by atoms with Gasteiger partial charge in [0.1, 0.15) is 12.6 Å². The normalized spacial score (nSPS) is 23.1. The van der Waals surface area contributed by atoms with Gasteiger partial charge in [-0.15, -0.1) is 0 Å². The second-order valence-corrected chi connectivity index (χ2v) is 4.37. The maximum atomic E-state index is 9.14. The third kappa shape index (κ3) is 1.89. The predicted octanol–water partition coefficient (Wildman–Crippen LogP) is 0.0870. The lowest BCUT2D eigenvalue weighted by Gasteiger charge is -2.15. The van der Waals surface area contributed by atoms with E-state index in [4.69, 9.17) is 20.3 Å². The molecule has 0 saturated carbocycles. The molecule has 3 heterocycles. The first-order chi connectivity index (χ1) is 9.24. The van der Waals surface area contributed by atoms with Crippen LogP contribution in [-0.2, 0) is 4.74 Å². The van der Waals surface area contributed by atoms with Crippen molar-refractivity contribution in [2.45, 2.75) is 25.2 Å². The Morgan fingerprint density at radius 3 is 3.05 bits per heavy atom. The SMILES string of the molecule is COc1nc2c(N)ncnc2n1[C@H]1CCC(CO)O1. The number of aliphatic hydroxyl groups is 1. The van der Waals surface area contributed by atoms with Crippen molar-refractivity contribution < 1.29 is 14.6 Å². The van der Waals surface area contributed by atoms with Gasteiger partial charge in [0.25, 0.3) is 0 Å². The zero-order valence-corrected chi connectivity index (χ0v) is 10.5. The average Bonchev–Trinajstić information content (AvgIpc) is 3.02. The van der Waals surface area contributed by atoms with E-state index in [2.05, 4.69) is 15.0 Å². The lowest BCUT2D eigenvalue weighted by molar-refractivity contribution is -0.0235. The molecule has 2 aromatic rings. The van der Waals surface area contributed by atoms with E-state index in [1.807, 2.05) is 0 Å². The van der Waals surface area contributed by atoms with Crippen LogP contribution in [0.2, 0.25) is 0 Å². The number of nitrogens with two attached hydrogens (primary N) is 1. The van der Waals surface area contributed by atoms with Crippen LogP contribution >= 0.6 is 0 Å². The minimum Gasteiger partial charge on any atom is -0.468 e. The second kappa shape index (κ2) is 4.63. The summed E-state index contributed by atoms with van der Waals surface area (Å²) in [6, 6.07) is 0.380. The first kappa shape index (κ1) is 12.1. The molecule has 0 aromatic carbocycles. The van der Waals surface area contributed by atoms with Crippen molar-refractivity contribution in [3.63, 3.8) is 0 Å². The molecule has 0 radical (unpaired) electrons. The summed E-state index contributed by atoms with van der Waals surface area (Å²) in [5, 5.41) is 9.14. The first-order valence-electron chi connectivity index (χ1n) is 6.03. The number of imidazole rings is 1. The number of fused-ring (bicyclic) bond motifs is 1. The van der Waals surface area contributed by atoms with E-state index in [1.165, 1.54) is 13.4 Å². The molecule has 8 heteroatoms. The largest absolute Gasteiger partial charge is 0.468 e. The van der Waals surface area contributed by atoms with Crippen LogP contribution in [0.3, 0.4) is 0 Å². The molecule has 1 fully saturated rings. The molecule has 3 N–H and O–H groups in total. The van der Waals surface area contributed by atoms with E-state index in [9.17, 15) is 0 Å². The van der Waals surface area contributed by atoms with Crippen LogP contribution in [0.1, 0.15) is 19.1 Å². The third-order valence-electron chi connectivity index (χ3n) is 3.23. The summed E-state index contributed by atoms with van der Waals surface area (Å²) >= 11 is 0. The fraction of sp³-hybridized carbons (Fsp3) is 0.545. The van der Waals surface area contributed by atoms with Crippen molar-refractivity contribution in [3.8, 4) is 6.01 Å². The Bertz CT molecular complexity index is 599. The van der Waals surface area contributed by atoms with E-state index in [0.717, 1.165) is 12.8 Å². The van der Waals surface area contributed by atoms with Gasteiger partial charge in [-0.2, -0.15) is 4.98 Å². The number of rotatable bonds is 3. The second-order valence-electron chi connectivity index (χ2n) is 4.37. The van der Waals surface area contributed by atoms with Crippen molar-refractivity contribution in [2.24, 2.45) is 0 Å². The monoisotopic (exact) mass is 265 g/mol. The highest BCUT2D eigenvalue weighted by Gasteiger charge is 2.30. The molecule has 0 bridgehead atoms. The van der Waals surface area contributed by atoms with Crippen molar-refractivity contribution in [3.05, 3.63) is 6.33 Å². The van der Waals surface area contributed by atoms with Crippen LogP contribution in [0.25, 0.3) is 11.2 Å². The number of aliphatic hydroxyl groups excluding tert-OH is 1. The van der Waals surface area contributed by atoms with Crippen LogP contribution in [-0.4, -0.2) is 44.4 Å². The summed E-state index contributed by atoms with van der Waals surface area (Å²) in [4.78, 5) is 12.4. The van der Waals surface area contributed by atoms with Gasteiger partial charge in [0.15, 0.2) is 17.0 Å². The number of hydrogen-bond acceptors (Lipinski definition) is 7. The molecular weight excluding hydrogens is 250 g/mol. The lowest BCUT2D eigenvalue weighted by atomic mass is 10.2. The molecule has 19 heavy (non-hydrogen) atoms. The highest BCUT2D eigenvalue weighted by Crippen LogP contribution is 2.34. The van der Waals surface area contributed by atoms with E-state index in [1.54, 1.807) is 4.57 Å². The standard InChI is InChI=1S/C11H15N5O3/c1-18-11-15-8-9(12)13-5-14-10(8)16(11)7-3-2-6(4-17)19-7/h5-7,17H,2-4H2,1H3,(H2,12,13,14)/t6?,7-/m1/s1. The fourth-order valence-electron chi connectivity index (χ4n) is 2.32. The Morgan fingerprint density at radius 1 is 1.53 bits per heavy atom. The van der Waals surface area contributed by atoms with Crippen LogP contribution in [0.5, 0.6) is 6.01 Å². The van der Waals surface area contributed by atoms with Crippen LogP contribution in [0, 0.1) is 0 Å². The van der Waals surface area contributed by atoms with Gasteiger partial charge in [-0.3, -0.25) is 4.57 Å². The Labute approximate surface area is 109 Å². The number of methoxy groups -OCH3 is 1. The van der Waals surface area contributed by atoms with Gasteiger partial charge in [-0.05, 0) is 12.8 Å². The molecule has 3 rings (SSSR count). The summed E-state index contributed by atoms with van der Waals surface area (Å²) < 4.78 is 12.7. The Balaban J connectivity index is 2.09. The fourth-order valence-corrected chi connectivity index (χ4v) is 2.32. The van der Waals surface area contributed by atoms with E-state index >= 15 is 0 Å². The van der Waals surface area contributed by atoms with Gasteiger partial charge in [-0.1, -0.05) is 0 Å². The van der Waals surface area contributed by atoms with Crippen molar-refractivity contribution in [1.29, 1.82) is 0 Å². The average molecular weight is 265 g/mol. The molecule has 102 valence electrons. The van der Waals surface area contributed by atoms with Gasteiger partial charge in [-0.25, -0.2) is 9.97 Å². The number of nitrogens with zero attached hydrogens (tertiary/aromatic N) is 4. The Morgan fingerprint density at radius 2 is 2.37 bits per heavy atom. The minimum atomic E-state index is -0.258. The smallest absolute Gasteiger partial charge is 0.300 e. The number of nitrogen functional groups attached to an aromatic ring is 1. The van der Waals surface area contributed by atoms with Crippen molar-refractivity contribution >= 4 is 17.0 Å². The molecule has 2 atom stereocenters. The molecule has 0 amide bonds. The minimum absolute atomic E-state index is 0.00255. The number of hydrogen-bond donors (Lipinski definition) is 2. The molecular formula is C11H15N5O3. The van der Waals surface area contributed by atoms with E-state index in [-0.39, 0.29) is 18.9 Å².